The molecule has 0 spiro atoms. The van der Waals surface area contributed by atoms with Gasteiger partial charge < -0.3 is 10.6 Å². The molecule has 0 heterocycles. The molecule has 26 heavy (non-hydrogen) atoms. The summed E-state index contributed by atoms with van der Waals surface area (Å²) in [6, 6.07) is 14.6. The molecule has 0 aliphatic carbocycles. The molecule has 2 amide bonds. The number of carbonyl (C=O) groups is 2. The zero-order valence-electron chi connectivity index (χ0n) is 16.1. The number of anilines is 1. The molecule has 0 saturated heterocycles. The second-order valence-corrected chi connectivity index (χ2v) is 7.47. The van der Waals surface area contributed by atoms with Crippen LogP contribution in [0, 0.1) is 0 Å². The van der Waals surface area contributed by atoms with Crippen molar-refractivity contribution in [2.45, 2.75) is 46.0 Å². The molecule has 0 radical (unpaired) electrons. The molecule has 0 aliphatic heterocycles. The Kier molecular flexibility index (Phi) is 6.56. The van der Waals surface area contributed by atoms with Crippen LogP contribution in [0.25, 0.3) is 0 Å². The minimum Gasteiger partial charge on any atom is -0.352 e. The Labute approximate surface area is 156 Å². The van der Waals surface area contributed by atoms with Crippen molar-refractivity contribution in [1.29, 1.82) is 0 Å². The molecule has 0 unspecified atom stereocenters. The predicted molar refractivity (Wildman–Crippen MR) is 107 cm³/mol. The summed E-state index contributed by atoms with van der Waals surface area (Å²) in [6.07, 6.45) is 2.00. The van der Waals surface area contributed by atoms with Gasteiger partial charge in [-0.3, -0.25) is 9.59 Å². The smallest absolute Gasteiger partial charge is 0.255 e. The lowest BCUT2D eigenvalue weighted by atomic mass is 9.87. The second-order valence-electron chi connectivity index (χ2n) is 7.47. The van der Waals surface area contributed by atoms with Gasteiger partial charge in [0.2, 0.25) is 0 Å². The van der Waals surface area contributed by atoms with Gasteiger partial charge in [0.05, 0.1) is 0 Å². The number of amides is 2. The topological polar surface area (TPSA) is 58.2 Å². The van der Waals surface area contributed by atoms with Gasteiger partial charge in [-0.05, 0) is 53.8 Å². The molecule has 0 saturated carbocycles. The lowest BCUT2D eigenvalue weighted by Crippen LogP contribution is -2.24. The Morgan fingerprint density at radius 3 is 1.88 bits per heavy atom. The van der Waals surface area contributed by atoms with Crippen molar-refractivity contribution in [3.05, 3.63) is 65.2 Å². The quantitative estimate of drug-likeness (QED) is 0.736. The van der Waals surface area contributed by atoms with Crippen LogP contribution in [-0.4, -0.2) is 18.4 Å². The molecule has 0 atom stereocenters. The van der Waals surface area contributed by atoms with Gasteiger partial charge in [-0.2, -0.15) is 0 Å². The van der Waals surface area contributed by atoms with Gasteiger partial charge in [0.1, 0.15) is 0 Å². The summed E-state index contributed by atoms with van der Waals surface area (Å²) in [7, 11) is 0. The van der Waals surface area contributed by atoms with Gasteiger partial charge in [-0.25, -0.2) is 0 Å². The molecule has 138 valence electrons. The number of carbonyl (C=O) groups excluding carboxylic acids is 2. The minimum atomic E-state index is -0.188. The number of benzene rings is 2. The molecule has 2 N–H and O–H groups in total. The van der Waals surface area contributed by atoms with Crippen LogP contribution in [0.1, 0.15) is 66.8 Å². The van der Waals surface area contributed by atoms with E-state index in [2.05, 4.69) is 38.3 Å². The fourth-order valence-electron chi connectivity index (χ4n) is 2.51. The van der Waals surface area contributed by atoms with Crippen molar-refractivity contribution in [2.24, 2.45) is 0 Å². The number of unbranched alkanes of at least 4 members (excludes halogenated alkanes) is 1. The zero-order chi connectivity index (χ0) is 19.2. The Balaban J connectivity index is 1.98. The monoisotopic (exact) mass is 352 g/mol. The van der Waals surface area contributed by atoms with E-state index in [4.69, 9.17) is 0 Å². The van der Waals surface area contributed by atoms with Gasteiger partial charge in [-0.1, -0.05) is 46.2 Å². The van der Waals surface area contributed by atoms with E-state index in [1.54, 1.807) is 24.3 Å². The fraction of sp³-hybridized carbons (Fsp3) is 0.364. The van der Waals surface area contributed by atoms with Gasteiger partial charge in [0.15, 0.2) is 0 Å². The summed E-state index contributed by atoms with van der Waals surface area (Å²) >= 11 is 0. The molecule has 2 aromatic rings. The van der Waals surface area contributed by atoms with Crippen molar-refractivity contribution in [3.8, 4) is 0 Å². The first kappa shape index (κ1) is 19.7. The Morgan fingerprint density at radius 2 is 1.38 bits per heavy atom. The van der Waals surface area contributed by atoms with Crippen molar-refractivity contribution in [1.82, 2.24) is 5.32 Å². The summed E-state index contributed by atoms with van der Waals surface area (Å²) in [5.41, 5.74) is 3.14. The Bertz CT molecular complexity index is 741. The van der Waals surface area contributed by atoms with Crippen LogP contribution in [-0.2, 0) is 5.41 Å². The number of hydrogen-bond acceptors (Lipinski definition) is 2. The zero-order valence-corrected chi connectivity index (χ0v) is 16.1. The van der Waals surface area contributed by atoms with Crippen molar-refractivity contribution < 1.29 is 9.59 Å². The van der Waals surface area contributed by atoms with Gasteiger partial charge in [-0.15, -0.1) is 0 Å². The normalized spacial score (nSPS) is 11.1. The molecular formula is C22H28N2O2. The van der Waals surface area contributed by atoms with Crippen LogP contribution in [0.3, 0.4) is 0 Å². The van der Waals surface area contributed by atoms with Crippen LogP contribution in [0.2, 0.25) is 0 Å². The summed E-state index contributed by atoms with van der Waals surface area (Å²) in [6.45, 7) is 9.21. The number of hydrogen-bond donors (Lipinski definition) is 2. The maximum Gasteiger partial charge on any atom is 0.255 e. The van der Waals surface area contributed by atoms with E-state index in [0.717, 1.165) is 18.5 Å². The van der Waals surface area contributed by atoms with Crippen LogP contribution < -0.4 is 10.6 Å². The molecular weight excluding hydrogens is 324 g/mol. The third kappa shape index (κ3) is 5.45. The molecule has 0 aliphatic rings. The molecule has 4 heteroatoms. The molecule has 0 fully saturated rings. The highest BCUT2D eigenvalue weighted by molar-refractivity contribution is 6.05. The summed E-state index contributed by atoms with van der Waals surface area (Å²) in [5, 5.41) is 5.75. The number of rotatable bonds is 6. The highest BCUT2D eigenvalue weighted by atomic mass is 16.2. The molecule has 4 nitrogen and oxygen atoms in total. The van der Waals surface area contributed by atoms with Crippen LogP contribution in [0.15, 0.2) is 48.5 Å². The summed E-state index contributed by atoms with van der Waals surface area (Å²) in [5.74, 6) is -0.297. The molecule has 2 aromatic carbocycles. The van der Waals surface area contributed by atoms with E-state index < -0.39 is 0 Å². The average Bonchev–Trinajstić information content (AvgIpc) is 2.61. The van der Waals surface area contributed by atoms with Crippen molar-refractivity contribution >= 4 is 17.5 Å². The van der Waals surface area contributed by atoms with Gasteiger partial charge in [0, 0.05) is 23.4 Å². The van der Waals surface area contributed by atoms with Crippen molar-refractivity contribution in [3.63, 3.8) is 0 Å². The van der Waals surface area contributed by atoms with E-state index >= 15 is 0 Å². The summed E-state index contributed by atoms with van der Waals surface area (Å²) in [4.78, 5) is 24.4. The van der Waals surface area contributed by atoms with Crippen LogP contribution in [0.4, 0.5) is 5.69 Å². The average molecular weight is 352 g/mol. The Hall–Kier alpha value is -2.62. The minimum absolute atomic E-state index is 0.0794. The summed E-state index contributed by atoms with van der Waals surface area (Å²) < 4.78 is 0. The maximum absolute atomic E-state index is 12.4. The predicted octanol–water partition coefficient (Wildman–Crippen LogP) is 4.77. The highest BCUT2D eigenvalue weighted by Gasteiger charge is 2.14. The van der Waals surface area contributed by atoms with Gasteiger partial charge in [0.25, 0.3) is 11.8 Å². The second kappa shape index (κ2) is 8.65. The molecule has 0 aromatic heterocycles. The number of nitrogens with one attached hydrogen (secondary N) is 2. The Morgan fingerprint density at radius 1 is 0.846 bits per heavy atom. The first-order valence-electron chi connectivity index (χ1n) is 9.11. The standard InChI is InChI=1S/C22H28N2O2/c1-5-6-15-23-20(25)16-7-9-17(10-8-16)21(26)24-19-13-11-18(12-14-19)22(2,3)4/h7-14H,5-6,15H2,1-4H3,(H,23,25)(H,24,26). The van der Waals surface area contributed by atoms with E-state index in [1.807, 2.05) is 24.3 Å². The largest absolute Gasteiger partial charge is 0.352 e. The van der Waals surface area contributed by atoms with Gasteiger partial charge >= 0.3 is 0 Å². The first-order chi connectivity index (χ1) is 12.3. The lowest BCUT2D eigenvalue weighted by Gasteiger charge is -2.19. The van der Waals surface area contributed by atoms with Crippen LogP contribution >= 0.6 is 0 Å². The van der Waals surface area contributed by atoms with E-state index in [-0.39, 0.29) is 17.2 Å². The van der Waals surface area contributed by atoms with Crippen LogP contribution in [0.5, 0.6) is 0 Å². The third-order valence-electron chi connectivity index (χ3n) is 4.23. The third-order valence-corrected chi connectivity index (χ3v) is 4.23. The lowest BCUT2D eigenvalue weighted by molar-refractivity contribution is 0.0951. The highest BCUT2D eigenvalue weighted by Crippen LogP contribution is 2.23. The maximum atomic E-state index is 12.4. The SMILES string of the molecule is CCCCNC(=O)c1ccc(C(=O)Nc2ccc(C(C)(C)C)cc2)cc1. The van der Waals surface area contributed by atoms with E-state index in [1.165, 1.54) is 5.56 Å². The van der Waals surface area contributed by atoms with E-state index in [0.29, 0.717) is 17.7 Å². The van der Waals surface area contributed by atoms with E-state index in [9.17, 15) is 9.59 Å². The first-order valence-corrected chi connectivity index (χ1v) is 9.11. The van der Waals surface area contributed by atoms with Crippen molar-refractivity contribution in [2.75, 3.05) is 11.9 Å². The molecule has 0 bridgehead atoms. The fourth-order valence-corrected chi connectivity index (χ4v) is 2.51. The molecule has 2 rings (SSSR count).